The molecule has 0 aromatic heterocycles. The van der Waals surface area contributed by atoms with Crippen molar-refractivity contribution in [3.63, 3.8) is 0 Å². The van der Waals surface area contributed by atoms with Gasteiger partial charge in [0.05, 0.1) is 0 Å². The molecule has 1 rings (SSSR count). The summed E-state index contributed by atoms with van der Waals surface area (Å²) >= 11 is 0. The van der Waals surface area contributed by atoms with E-state index in [1.807, 2.05) is 39.8 Å². The van der Waals surface area contributed by atoms with E-state index >= 15 is 0 Å². The topological polar surface area (TPSA) is 61.4 Å². The van der Waals surface area contributed by atoms with Crippen LogP contribution in [0.25, 0.3) is 0 Å². The van der Waals surface area contributed by atoms with Crippen molar-refractivity contribution >= 4 is 11.7 Å². The molecule has 0 saturated carbocycles. The highest BCUT2D eigenvalue weighted by atomic mass is 16.3. The first-order valence-corrected chi connectivity index (χ1v) is 6.20. The van der Waals surface area contributed by atoms with Crippen LogP contribution in [-0.2, 0) is 0 Å². The van der Waals surface area contributed by atoms with Crippen molar-refractivity contribution in [1.82, 2.24) is 5.32 Å². The number of aliphatic hydroxyl groups is 1. The molecular weight excluding hydrogens is 228 g/mol. The Morgan fingerprint density at radius 2 is 1.83 bits per heavy atom. The van der Waals surface area contributed by atoms with Gasteiger partial charge in [-0.3, -0.25) is 0 Å². The zero-order chi connectivity index (χ0) is 13.7. The largest absolute Gasteiger partial charge is 0.396 e. The van der Waals surface area contributed by atoms with Crippen LogP contribution in [0.1, 0.15) is 30.0 Å². The van der Waals surface area contributed by atoms with Gasteiger partial charge in [-0.2, -0.15) is 0 Å². The second-order valence-corrected chi connectivity index (χ2v) is 4.79. The number of amides is 2. The zero-order valence-electron chi connectivity index (χ0n) is 11.5. The molecule has 0 fully saturated rings. The van der Waals surface area contributed by atoms with E-state index in [1.54, 1.807) is 0 Å². The Balaban J connectivity index is 2.70. The number of benzene rings is 1. The third-order valence-corrected chi connectivity index (χ3v) is 2.86. The second-order valence-electron chi connectivity index (χ2n) is 4.79. The minimum absolute atomic E-state index is 0.0407. The maximum Gasteiger partial charge on any atom is 0.319 e. The number of hydrogen-bond acceptors (Lipinski definition) is 2. The van der Waals surface area contributed by atoms with E-state index in [2.05, 4.69) is 10.6 Å². The minimum atomic E-state index is -0.231. The third kappa shape index (κ3) is 4.04. The molecule has 3 N–H and O–H groups in total. The number of aliphatic hydroxyl groups excluding tert-OH is 1. The van der Waals surface area contributed by atoms with Crippen LogP contribution in [0, 0.1) is 20.8 Å². The van der Waals surface area contributed by atoms with Gasteiger partial charge in [0.1, 0.15) is 0 Å². The van der Waals surface area contributed by atoms with Gasteiger partial charge in [-0.25, -0.2) is 4.79 Å². The molecule has 0 aliphatic carbocycles. The van der Waals surface area contributed by atoms with Gasteiger partial charge in [0.15, 0.2) is 0 Å². The molecule has 18 heavy (non-hydrogen) atoms. The highest BCUT2D eigenvalue weighted by Crippen LogP contribution is 2.21. The standard InChI is InChI=1S/C14H22N2O2/c1-9-7-10(2)13(11(3)8-9)16-14(18)15-12(4)5-6-17/h7-8,12,17H,5-6H2,1-4H3,(H2,15,16,18)/t12-/m1/s1. The number of urea groups is 1. The van der Waals surface area contributed by atoms with Gasteiger partial charge in [0.25, 0.3) is 0 Å². The lowest BCUT2D eigenvalue weighted by atomic mass is 10.1. The van der Waals surface area contributed by atoms with Gasteiger partial charge in [0, 0.05) is 18.3 Å². The summed E-state index contributed by atoms with van der Waals surface area (Å²) in [7, 11) is 0. The van der Waals surface area contributed by atoms with Crippen LogP contribution in [0.3, 0.4) is 0 Å². The van der Waals surface area contributed by atoms with Gasteiger partial charge in [-0.05, 0) is 45.2 Å². The summed E-state index contributed by atoms with van der Waals surface area (Å²) in [6, 6.07) is 3.81. The van der Waals surface area contributed by atoms with Gasteiger partial charge in [-0.15, -0.1) is 0 Å². The van der Waals surface area contributed by atoms with Crippen molar-refractivity contribution in [1.29, 1.82) is 0 Å². The lowest BCUT2D eigenvalue weighted by Gasteiger charge is -2.16. The van der Waals surface area contributed by atoms with Crippen LogP contribution in [0.4, 0.5) is 10.5 Å². The van der Waals surface area contributed by atoms with E-state index in [0.29, 0.717) is 6.42 Å². The van der Waals surface area contributed by atoms with E-state index in [0.717, 1.165) is 16.8 Å². The molecule has 1 aromatic rings. The molecule has 0 unspecified atom stereocenters. The van der Waals surface area contributed by atoms with Crippen molar-refractivity contribution in [2.45, 2.75) is 40.2 Å². The summed E-state index contributed by atoms with van der Waals surface area (Å²) in [6.07, 6.45) is 0.555. The van der Waals surface area contributed by atoms with Crippen LogP contribution < -0.4 is 10.6 Å². The van der Waals surface area contributed by atoms with E-state index in [-0.39, 0.29) is 18.7 Å². The lowest BCUT2D eigenvalue weighted by molar-refractivity contribution is 0.241. The number of hydrogen-bond donors (Lipinski definition) is 3. The Morgan fingerprint density at radius 3 is 2.33 bits per heavy atom. The van der Waals surface area contributed by atoms with E-state index < -0.39 is 0 Å². The lowest BCUT2D eigenvalue weighted by Crippen LogP contribution is -2.36. The average Bonchev–Trinajstić information content (AvgIpc) is 2.23. The summed E-state index contributed by atoms with van der Waals surface area (Å²) in [5.74, 6) is 0. The molecule has 2 amide bonds. The first-order chi connectivity index (χ1) is 8.43. The fraction of sp³-hybridized carbons (Fsp3) is 0.500. The van der Waals surface area contributed by atoms with Gasteiger partial charge in [-0.1, -0.05) is 17.7 Å². The minimum Gasteiger partial charge on any atom is -0.396 e. The smallest absolute Gasteiger partial charge is 0.319 e. The van der Waals surface area contributed by atoms with Crippen molar-refractivity contribution < 1.29 is 9.90 Å². The average molecular weight is 250 g/mol. The fourth-order valence-corrected chi connectivity index (χ4v) is 2.02. The van der Waals surface area contributed by atoms with Crippen molar-refractivity contribution in [3.05, 3.63) is 28.8 Å². The van der Waals surface area contributed by atoms with Crippen LogP contribution in [0.5, 0.6) is 0 Å². The fourth-order valence-electron chi connectivity index (χ4n) is 2.02. The molecule has 0 aliphatic rings. The SMILES string of the molecule is Cc1cc(C)c(NC(=O)N[C@H](C)CCO)c(C)c1. The molecule has 0 aliphatic heterocycles. The molecule has 0 radical (unpaired) electrons. The summed E-state index contributed by atoms with van der Waals surface area (Å²) in [4.78, 5) is 11.8. The monoisotopic (exact) mass is 250 g/mol. The number of anilines is 1. The maximum absolute atomic E-state index is 11.8. The van der Waals surface area contributed by atoms with Crippen molar-refractivity contribution in [3.8, 4) is 0 Å². The number of rotatable bonds is 4. The summed E-state index contributed by atoms with van der Waals surface area (Å²) in [5, 5.41) is 14.4. The molecule has 100 valence electrons. The van der Waals surface area contributed by atoms with Crippen molar-refractivity contribution in [2.24, 2.45) is 0 Å². The molecular formula is C14H22N2O2. The van der Waals surface area contributed by atoms with Crippen LogP contribution in [0.2, 0.25) is 0 Å². The highest BCUT2D eigenvalue weighted by Gasteiger charge is 2.10. The van der Waals surface area contributed by atoms with Crippen LogP contribution in [-0.4, -0.2) is 23.8 Å². The van der Waals surface area contributed by atoms with Crippen LogP contribution in [0.15, 0.2) is 12.1 Å². The third-order valence-electron chi connectivity index (χ3n) is 2.86. The Bertz CT molecular complexity index is 407. The normalized spacial score (nSPS) is 12.1. The number of carbonyl (C=O) groups is 1. The Hall–Kier alpha value is -1.55. The summed E-state index contributed by atoms with van der Waals surface area (Å²) < 4.78 is 0. The molecule has 4 heteroatoms. The van der Waals surface area contributed by atoms with Crippen LogP contribution >= 0.6 is 0 Å². The number of aryl methyl sites for hydroxylation is 3. The summed E-state index contributed by atoms with van der Waals surface area (Å²) in [5.41, 5.74) is 4.15. The van der Waals surface area contributed by atoms with E-state index in [9.17, 15) is 4.79 Å². The van der Waals surface area contributed by atoms with Gasteiger partial charge in [0.2, 0.25) is 0 Å². The number of nitrogens with one attached hydrogen (secondary N) is 2. The highest BCUT2D eigenvalue weighted by molar-refractivity contribution is 5.91. The predicted octanol–water partition coefficient (Wildman–Crippen LogP) is 2.50. The molecule has 0 heterocycles. The molecule has 0 spiro atoms. The quantitative estimate of drug-likeness (QED) is 0.769. The number of carbonyl (C=O) groups excluding carboxylic acids is 1. The summed E-state index contributed by atoms with van der Waals surface area (Å²) in [6.45, 7) is 7.93. The first kappa shape index (κ1) is 14.5. The van der Waals surface area contributed by atoms with Crippen molar-refractivity contribution in [2.75, 3.05) is 11.9 Å². The Morgan fingerprint density at radius 1 is 1.28 bits per heavy atom. The molecule has 1 atom stereocenters. The molecule has 0 saturated heterocycles. The zero-order valence-corrected chi connectivity index (χ0v) is 11.5. The van der Waals surface area contributed by atoms with Gasteiger partial charge >= 0.3 is 6.03 Å². The Kier molecular flexibility index (Phi) is 5.16. The molecule has 0 bridgehead atoms. The van der Waals surface area contributed by atoms with E-state index in [4.69, 9.17) is 5.11 Å². The second kappa shape index (κ2) is 6.40. The first-order valence-electron chi connectivity index (χ1n) is 6.20. The Labute approximate surface area is 108 Å². The van der Waals surface area contributed by atoms with E-state index in [1.165, 1.54) is 5.56 Å². The maximum atomic E-state index is 11.8. The molecule has 1 aromatic carbocycles. The van der Waals surface area contributed by atoms with Gasteiger partial charge < -0.3 is 15.7 Å². The molecule has 4 nitrogen and oxygen atoms in total. The predicted molar refractivity (Wildman–Crippen MR) is 74.0 cm³/mol.